The summed E-state index contributed by atoms with van der Waals surface area (Å²) in [5.41, 5.74) is -2.62. The molecule has 0 radical (unpaired) electrons. The van der Waals surface area contributed by atoms with Gasteiger partial charge in [-0.1, -0.05) is 12.8 Å². The SMILES string of the molecule is CC(C)(C)OC(=O)N[C@H]1CCCC[C@H]2CC[C@@H](C(=O)N3C(=O)N(c4ccc(C(F)F)nc4)C(=O)C34CC4)N2C1=O. The quantitative estimate of drug-likeness (QED) is 0.556. The molecule has 3 atom stereocenters. The molecule has 4 fully saturated rings. The molecule has 3 aliphatic heterocycles. The van der Waals surface area contributed by atoms with Gasteiger partial charge in [0.25, 0.3) is 18.2 Å². The molecule has 0 unspecified atom stereocenters. The van der Waals surface area contributed by atoms with Gasteiger partial charge in [-0.3, -0.25) is 19.4 Å². The van der Waals surface area contributed by atoms with Crippen molar-refractivity contribution < 1.29 is 37.5 Å². The van der Waals surface area contributed by atoms with Crippen LogP contribution in [0, 0.1) is 0 Å². The normalized spacial score (nSPS) is 26.2. The van der Waals surface area contributed by atoms with Crippen molar-refractivity contribution in [1.82, 2.24) is 20.1 Å². The monoisotopic (exact) mass is 561 g/mol. The maximum Gasteiger partial charge on any atom is 0.408 e. The zero-order chi connectivity index (χ0) is 29.0. The first-order valence-corrected chi connectivity index (χ1v) is 13.6. The molecule has 1 aliphatic carbocycles. The molecule has 40 heavy (non-hydrogen) atoms. The van der Waals surface area contributed by atoms with E-state index in [9.17, 15) is 32.8 Å². The second kappa shape index (κ2) is 10.1. The molecule has 11 nitrogen and oxygen atoms in total. The summed E-state index contributed by atoms with van der Waals surface area (Å²) in [6.45, 7) is 5.14. The number of aromatic nitrogens is 1. The highest BCUT2D eigenvalue weighted by molar-refractivity contribution is 6.29. The Kier molecular flexibility index (Phi) is 7.03. The van der Waals surface area contributed by atoms with Crippen LogP contribution in [-0.4, -0.2) is 73.9 Å². The van der Waals surface area contributed by atoms with E-state index in [-0.39, 0.29) is 24.6 Å². The molecule has 1 N–H and O–H groups in total. The molecule has 0 bridgehead atoms. The fraction of sp³-hybridized carbons (Fsp3) is 0.630. The van der Waals surface area contributed by atoms with Gasteiger partial charge >= 0.3 is 12.1 Å². The summed E-state index contributed by atoms with van der Waals surface area (Å²) in [5.74, 6) is -1.68. The van der Waals surface area contributed by atoms with Crippen LogP contribution in [0.15, 0.2) is 18.3 Å². The number of rotatable bonds is 4. The van der Waals surface area contributed by atoms with Gasteiger partial charge in [-0.05, 0) is 71.4 Å². The Morgan fingerprint density at radius 2 is 1.77 bits per heavy atom. The number of alkyl carbamates (subject to hydrolysis) is 1. The maximum atomic E-state index is 14.0. The summed E-state index contributed by atoms with van der Waals surface area (Å²) in [6, 6.07) is -0.766. The lowest BCUT2D eigenvalue weighted by Gasteiger charge is -2.36. The van der Waals surface area contributed by atoms with Crippen LogP contribution in [0.2, 0.25) is 0 Å². The number of nitrogens with zero attached hydrogens (tertiary/aromatic N) is 4. The Morgan fingerprint density at radius 1 is 1.07 bits per heavy atom. The molecule has 4 heterocycles. The van der Waals surface area contributed by atoms with E-state index in [2.05, 4.69) is 10.3 Å². The number of ether oxygens (including phenoxy) is 1. The molecular formula is C27H33F2N5O6. The molecule has 216 valence electrons. The van der Waals surface area contributed by atoms with Gasteiger partial charge in [0.1, 0.15) is 28.9 Å². The van der Waals surface area contributed by atoms with Crippen molar-refractivity contribution in [2.24, 2.45) is 0 Å². The van der Waals surface area contributed by atoms with Crippen LogP contribution in [-0.2, 0) is 19.1 Å². The number of hydrogen-bond acceptors (Lipinski definition) is 7. The molecule has 6 amide bonds. The number of amides is 6. The van der Waals surface area contributed by atoms with E-state index in [4.69, 9.17) is 4.74 Å². The van der Waals surface area contributed by atoms with Crippen LogP contribution in [0.1, 0.15) is 84.3 Å². The predicted octanol–water partition coefficient (Wildman–Crippen LogP) is 3.67. The highest BCUT2D eigenvalue weighted by Crippen LogP contribution is 2.50. The molecule has 4 aliphatic rings. The average Bonchev–Trinajstić information content (AvgIpc) is 3.50. The van der Waals surface area contributed by atoms with Gasteiger partial charge < -0.3 is 15.0 Å². The number of hydrogen-bond donors (Lipinski definition) is 1. The summed E-state index contributed by atoms with van der Waals surface area (Å²) in [4.78, 5) is 74.1. The van der Waals surface area contributed by atoms with E-state index in [1.165, 1.54) is 11.0 Å². The second-order valence-electron chi connectivity index (χ2n) is 11.8. The standard InChI is InChI=1S/C27H33F2N5O6/c1-26(2,3)40-24(38)31-18-7-5-4-6-15-9-11-19(32(15)21(18)35)22(36)34-25(39)33(23(37)27(34)12-13-27)16-8-10-17(20(28)29)30-14-16/h8,10,14-15,18-20H,4-7,9,11-13H2,1-3H3,(H,31,38)/t15-,18-,19-/m0/s1. The highest BCUT2D eigenvalue weighted by Gasteiger charge is 2.68. The highest BCUT2D eigenvalue weighted by atomic mass is 19.3. The Hall–Kier alpha value is -3.64. The van der Waals surface area contributed by atoms with Gasteiger partial charge in [-0.15, -0.1) is 0 Å². The smallest absolute Gasteiger partial charge is 0.408 e. The number of imide groups is 2. The second-order valence-corrected chi connectivity index (χ2v) is 11.8. The number of fused-ring (bicyclic) bond motifs is 1. The number of halogens is 2. The molecule has 0 aromatic carbocycles. The fourth-order valence-corrected chi connectivity index (χ4v) is 5.93. The molecule has 1 saturated carbocycles. The predicted molar refractivity (Wildman–Crippen MR) is 136 cm³/mol. The maximum absolute atomic E-state index is 14.0. The van der Waals surface area contributed by atoms with Crippen LogP contribution in [0.4, 0.5) is 24.1 Å². The number of carbonyl (C=O) groups excluding carboxylic acids is 5. The Labute approximate surface area is 230 Å². The van der Waals surface area contributed by atoms with Gasteiger partial charge in [0.2, 0.25) is 5.91 Å². The average molecular weight is 562 g/mol. The number of carbonyl (C=O) groups is 5. The third kappa shape index (κ3) is 4.90. The van der Waals surface area contributed by atoms with Crippen molar-refractivity contribution in [3.63, 3.8) is 0 Å². The lowest BCUT2D eigenvalue weighted by Crippen LogP contribution is -2.58. The summed E-state index contributed by atoms with van der Waals surface area (Å²) in [5, 5.41) is 2.65. The molecule has 13 heteroatoms. The molecule has 1 spiro atoms. The molecule has 1 aromatic rings. The van der Waals surface area contributed by atoms with E-state index in [0.717, 1.165) is 28.5 Å². The van der Waals surface area contributed by atoms with Gasteiger partial charge in [-0.2, -0.15) is 0 Å². The van der Waals surface area contributed by atoms with Crippen LogP contribution in [0.5, 0.6) is 0 Å². The number of alkyl halides is 2. The molecule has 1 aromatic heterocycles. The number of anilines is 1. The Balaban J connectivity index is 1.39. The van der Waals surface area contributed by atoms with Gasteiger partial charge in [0.15, 0.2) is 0 Å². The minimum atomic E-state index is -2.81. The van der Waals surface area contributed by atoms with Crippen LogP contribution in [0.3, 0.4) is 0 Å². The van der Waals surface area contributed by atoms with Crippen molar-refractivity contribution >= 4 is 35.5 Å². The van der Waals surface area contributed by atoms with Crippen molar-refractivity contribution in [2.45, 2.75) is 108 Å². The van der Waals surface area contributed by atoms with Crippen LogP contribution >= 0.6 is 0 Å². The minimum absolute atomic E-state index is 0.00534. The molecular weight excluding hydrogens is 528 g/mol. The van der Waals surface area contributed by atoms with E-state index in [1.54, 1.807) is 20.8 Å². The van der Waals surface area contributed by atoms with E-state index in [0.29, 0.717) is 32.1 Å². The van der Waals surface area contributed by atoms with Gasteiger partial charge in [0, 0.05) is 6.04 Å². The largest absolute Gasteiger partial charge is 0.444 e. The van der Waals surface area contributed by atoms with Crippen LogP contribution in [0.25, 0.3) is 0 Å². The number of nitrogens with one attached hydrogen (secondary N) is 1. The minimum Gasteiger partial charge on any atom is -0.444 e. The first kappa shape index (κ1) is 27.9. The van der Waals surface area contributed by atoms with E-state index in [1.807, 2.05) is 0 Å². The lowest BCUT2D eigenvalue weighted by molar-refractivity contribution is -0.147. The Morgan fingerprint density at radius 3 is 2.38 bits per heavy atom. The first-order valence-electron chi connectivity index (χ1n) is 13.6. The van der Waals surface area contributed by atoms with Crippen molar-refractivity contribution in [1.29, 1.82) is 0 Å². The van der Waals surface area contributed by atoms with E-state index < -0.39 is 65.2 Å². The summed E-state index contributed by atoms with van der Waals surface area (Å²) < 4.78 is 31.3. The topological polar surface area (TPSA) is 129 Å². The van der Waals surface area contributed by atoms with Crippen molar-refractivity contribution in [2.75, 3.05) is 4.90 Å². The number of urea groups is 1. The fourth-order valence-electron chi connectivity index (χ4n) is 5.93. The zero-order valence-corrected chi connectivity index (χ0v) is 22.7. The van der Waals surface area contributed by atoms with Crippen LogP contribution < -0.4 is 10.2 Å². The summed E-state index contributed by atoms with van der Waals surface area (Å²) >= 11 is 0. The zero-order valence-electron chi connectivity index (χ0n) is 22.7. The third-order valence-corrected chi connectivity index (χ3v) is 7.92. The summed E-state index contributed by atoms with van der Waals surface area (Å²) in [6.07, 6.45) is 1.44. The lowest BCUT2D eigenvalue weighted by atomic mass is 9.99. The Bertz CT molecular complexity index is 1230. The van der Waals surface area contributed by atoms with Gasteiger partial charge in [-0.25, -0.2) is 28.2 Å². The van der Waals surface area contributed by atoms with E-state index >= 15 is 0 Å². The molecule has 5 rings (SSSR count). The molecule has 3 saturated heterocycles. The van der Waals surface area contributed by atoms with Crippen molar-refractivity contribution in [3.8, 4) is 0 Å². The van der Waals surface area contributed by atoms with Crippen molar-refractivity contribution in [3.05, 3.63) is 24.0 Å². The first-order chi connectivity index (χ1) is 18.8. The number of pyridine rings is 1. The third-order valence-electron chi connectivity index (χ3n) is 7.92. The summed E-state index contributed by atoms with van der Waals surface area (Å²) in [7, 11) is 0. The van der Waals surface area contributed by atoms with Gasteiger partial charge in [0.05, 0.1) is 11.9 Å².